The van der Waals surface area contributed by atoms with Gasteiger partial charge >= 0.3 is 7.60 Å². The molecular formula is C11H25O5P. The fraction of sp³-hybridized carbons (Fsp3) is 1.00. The Bertz CT molecular complexity index is 212. The first kappa shape index (κ1) is 17.1. The van der Waals surface area contributed by atoms with Crippen LogP contribution in [0.1, 0.15) is 34.1 Å². The fourth-order valence-corrected chi connectivity index (χ4v) is 3.30. The van der Waals surface area contributed by atoms with Crippen LogP contribution in [0.2, 0.25) is 0 Å². The standard InChI is InChI=1S/C11H25O5P/c1-5-13-10-9-11(14-6-2)17(12,15-7-3)16-8-4/h11H,5-10H2,1-4H3. The van der Waals surface area contributed by atoms with Gasteiger partial charge in [-0.3, -0.25) is 4.57 Å². The molecule has 0 aromatic carbocycles. The molecule has 104 valence electrons. The quantitative estimate of drug-likeness (QED) is 0.426. The molecule has 0 N–H and O–H groups in total. The number of ether oxygens (including phenoxy) is 2. The second kappa shape index (κ2) is 10.0. The normalized spacial score (nSPS) is 13.9. The third kappa shape index (κ3) is 6.53. The largest absolute Gasteiger partial charge is 0.382 e. The highest BCUT2D eigenvalue weighted by molar-refractivity contribution is 7.54. The average molecular weight is 268 g/mol. The summed E-state index contributed by atoms with van der Waals surface area (Å²) in [5, 5.41) is 0. The molecule has 0 aliphatic rings. The van der Waals surface area contributed by atoms with Crippen molar-refractivity contribution in [3.05, 3.63) is 0 Å². The van der Waals surface area contributed by atoms with Crippen LogP contribution < -0.4 is 0 Å². The number of hydrogen-bond donors (Lipinski definition) is 0. The first-order valence-corrected chi connectivity index (χ1v) is 7.83. The molecule has 0 rings (SSSR count). The molecule has 0 heterocycles. The van der Waals surface area contributed by atoms with Gasteiger partial charge in [-0.2, -0.15) is 0 Å². The third-order valence-corrected chi connectivity index (χ3v) is 4.39. The summed E-state index contributed by atoms with van der Waals surface area (Å²) < 4.78 is 33.7. The van der Waals surface area contributed by atoms with E-state index in [0.29, 0.717) is 39.5 Å². The van der Waals surface area contributed by atoms with Crippen LogP contribution in [-0.2, 0) is 23.1 Å². The molecule has 0 amide bonds. The first-order chi connectivity index (χ1) is 8.14. The molecule has 6 heteroatoms. The van der Waals surface area contributed by atoms with Gasteiger partial charge in [-0.05, 0) is 27.7 Å². The maximum atomic E-state index is 12.5. The van der Waals surface area contributed by atoms with E-state index < -0.39 is 13.4 Å². The van der Waals surface area contributed by atoms with Crippen LogP contribution in [0.25, 0.3) is 0 Å². The molecule has 0 saturated carbocycles. The molecule has 0 aromatic heterocycles. The minimum absolute atomic E-state index is 0.343. The molecule has 5 nitrogen and oxygen atoms in total. The van der Waals surface area contributed by atoms with E-state index in [1.165, 1.54) is 0 Å². The molecule has 0 aliphatic heterocycles. The van der Waals surface area contributed by atoms with Crippen molar-refractivity contribution in [2.75, 3.05) is 33.0 Å². The van der Waals surface area contributed by atoms with Crippen molar-refractivity contribution in [1.82, 2.24) is 0 Å². The van der Waals surface area contributed by atoms with Gasteiger partial charge in [0.1, 0.15) is 0 Å². The number of rotatable bonds is 11. The predicted octanol–water partition coefficient (Wildman–Crippen LogP) is 3.04. The van der Waals surface area contributed by atoms with Crippen molar-refractivity contribution in [3.8, 4) is 0 Å². The van der Waals surface area contributed by atoms with Gasteiger partial charge < -0.3 is 18.5 Å². The highest BCUT2D eigenvalue weighted by Gasteiger charge is 2.35. The Morgan fingerprint density at radius 3 is 1.94 bits per heavy atom. The fourth-order valence-electron chi connectivity index (χ4n) is 1.42. The topological polar surface area (TPSA) is 54.0 Å². The van der Waals surface area contributed by atoms with E-state index in [1.54, 1.807) is 13.8 Å². The van der Waals surface area contributed by atoms with Gasteiger partial charge in [0.05, 0.1) is 13.2 Å². The predicted molar refractivity (Wildman–Crippen MR) is 67.4 cm³/mol. The van der Waals surface area contributed by atoms with E-state index in [-0.39, 0.29) is 0 Å². The third-order valence-electron chi connectivity index (χ3n) is 2.04. The molecule has 0 aromatic rings. The first-order valence-electron chi connectivity index (χ1n) is 6.22. The van der Waals surface area contributed by atoms with Gasteiger partial charge in [0, 0.05) is 26.2 Å². The lowest BCUT2D eigenvalue weighted by Crippen LogP contribution is -2.19. The van der Waals surface area contributed by atoms with Gasteiger partial charge in [-0.15, -0.1) is 0 Å². The Morgan fingerprint density at radius 1 is 0.941 bits per heavy atom. The summed E-state index contributed by atoms with van der Waals surface area (Å²) in [5.74, 6) is -0.543. The van der Waals surface area contributed by atoms with E-state index in [2.05, 4.69) is 0 Å². The van der Waals surface area contributed by atoms with Crippen molar-refractivity contribution in [2.45, 2.75) is 40.0 Å². The van der Waals surface area contributed by atoms with Crippen LogP contribution in [0, 0.1) is 0 Å². The molecule has 0 aliphatic carbocycles. The van der Waals surface area contributed by atoms with E-state index in [9.17, 15) is 4.57 Å². The zero-order valence-electron chi connectivity index (χ0n) is 11.3. The summed E-state index contributed by atoms with van der Waals surface area (Å²) in [6, 6.07) is 0. The van der Waals surface area contributed by atoms with Crippen LogP contribution in [-0.4, -0.2) is 38.9 Å². The SMILES string of the molecule is CCOCCC(OCC)P(=O)(OCC)OCC. The van der Waals surface area contributed by atoms with Crippen LogP contribution in [0.5, 0.6) is 0 Å². The molecule has 0 bridgehead atoms. The van der Waals surface area contributed by atoms with Crippen molar-refractivity contribution in [3.63, 3.8) is 0 Å². The lowest BCUT2D eigenvalue weighted by Gasteiger charge is -2.25. The van der Waals surface area contributed by atoms with Crippen molar-refractivity contribution in [2.24, 2.45) is 0 Å². The Balaban J connectivity index is 4.52. The van der Waals surface area contributed by atoms with Gasteiger partial charge in [0.25, 0.3) is 0 Å². The number of hydrogen-bond acceptors (Lipinski definition) is 5. The average Bonchev–Trinajstić information content (AvgIpc) is 2.29. The van der Waals surface area contributed by atoms with Crippen molar-refractivity contribution >= 4 is 7.60 Å². The minimum atomic E-state index is -3.19. The van der Waals surface area contributed by atoms with E-state index >= 15 is 0 Å². The summed E-state index contributed by atoms with van der Waals surface area (Å²) in [7, 11) is -3.19. The second-order valence-electron chi connectivity index (χ2n) is 3.27. The van der Waals surface area contributed by atoms with E-state index in [1.807, 2.05) is 13.8 Å². The molecular weight excluding hydrogens is 243 g/mol. The molecule has 0 fully saturated rings. The van der Waals surface area contributed by atoms with Crippen LogP contribution in [0.4, 0.5) is 0 Å². The molecule has 1 unspecified atom stereocenters. The van der Waals surface area contributed by atoms with Gasteiger partial charge in [-0.1, -0.05) is 0 Å². The highest BCUT2D eigenvalue weighted by Crippen LogP contribution is 2.54. The van der Waals surface area contributed by atoms with E-state index in [4.69, 9.17) is 18.5 Å². The van der Waals surface area contributed by atoms with Crippen LogP contribution in [0.15, 0.2) is 0 Å². The summed E-state index contributed by atoms with van der Waals surface area (Å²) in [6.07, 6.45) is 0.513. The van der Waals surface area contributed by atoms with Crippen molar-refractivity contribution in [1.29, 1.82) is 0 Å². The Hall–Kier alpha value is 0.0700. The van der Waals surface area contributed by atoms with Gasteiger partial charge in [-0.25, -0.2) is 0 Å². The summed E-state index contributed by atoms with van der Waals surface area (Å²) >= 11 is 0. The summed E-state index contributed by atoms with van der Waals surface area (Å²) in [4.78, 5) is 0. The Labute approximate surface area is 104 Å². The monoisotopic (exact) mass is 268 g/mol. The smallest absolute Gasteiger partial charge is 0.359 e. The van der Waals surface area contributed by atoms with Gasteiger partial charge in [0.2, 0.25) is 0 Å². The zero-order chi connectivity index (χ0) is 13.1. The Morgan fingerprint density at radius 2 is 1.53 bits per heavy atom. The summed E-state index contributed by atoms with van der Waals surface area (Å²) in [5.41, 5.74) is 0. The van der Waals surface area contributed by atoms with Crippen LogP contribution >= 0.6 is 7.60 Å². The molecule has 0 spiro atoms. The summed E-state index contributed by atoms with van der Waals surface area (Å²) in [6.45, 7) is 9.63. The van der Waals surface area contributed by atoms with Crippen LogP contribution in [0.3, 0.4) is 0 Å². The molecule has 1 atom stereocenters. The van der Waals surface area contributed by atoms with Crippen molar-refractivity contribution < 1.29 is 23.1 Å². The lowest BCUT2D eigenvalue weighted by atomic mass is 10.5. The minimum Gasteiger partial charge on any atom is -0.382 e. The van der Waals surface area contributed by atoms with Gasteiger partial charge in [0.15, 0.2) is 5.85 Å². The molecule has 17 heavy (non-hydrogen) atoms. The zero-order valence-corrected chi connectivity index (χ0v) is 12.2. The molecule has 0 radical (unpaired) electrons. The second-order valence-corrected chi connectivity index (χ2v) is 5.44. The lowest BCUT2D eigenvalue weighted by molar-refractivity contribution is 0.0476. The maximum Gasteiger partial charge on any atom is 0.359 e. The van der Waals surface area contributed by atoms with E-state index in [0.717, 1.165) is 0 Å². The maximum absolute atomic E-state index is 12.5. The molecule has 0 saturated heterocycles. The highest BCUT2D eigenvalue weighted by atomic mass is 31.2. The Kier molecular flexibility index (Phi) is 10.1.